The Bertz CT molecular complexity index is 513. The Labute approximate surface area is 113 Å². The number of nitrogens with zero attached hydrogens (tertiary/aromatic N) is 1. The van der Waals surface area contributed by atoms with E-state index in [-0.39, 0.29) is 18.9 Å². The van der Waals surface area contributed by atoms with Gasteiger partial charge in [-0.05, 0) is 47.5 Å². The van der Waals surface area contributed by atoms with Crippen molar-refractivity contribution in [1.29, 1.82) is 0 Å². The molecule has 1 aromatic carbocycles. The molecule has 0 radical (unpaired) electrons. The van der Waals surface area contributed by atoms with Crippen molar-refractivity contribution in [3.05, 3.63) is 29.8 Å². The summed E-state index contributed by atoms with van der Waals surface area (Å²) in [4.78, 5) is 35.2. The predicted octanol–water partition coefficient (Wildman–Crippen LogP) is 2.18. The molecule has 1 aromatic rings. The van der Waals surface area contributed by atoms with Gasteiger partial charge in [0.15, 0.2) is 0 Å². The molecule has 1 heterocycles. The minimum absolute atomic E-state index is 0.124. The van der Waals surface area contributed by atoms with Crippen LogP contribution in [0, 0.1) is 5.92 Å². The van der Waals surface area contributed by atoms with Gasteiger partial charge in [-0.2, -0.15) is 0 Å². The number of amides is 1. The normalized spacial score (nSPS) is 19.1. The molecule has 18 heavy (non-hydrogen) atoms. The van der Waals surface area contributed by atoms with E-state index in [9.17, 15) is 14.4 Å². The third kappa shape index (κ3) is 2.54. The van der Waals surface area contributed by atoms with E-state index in [4.69, 9.17) is 23.2 Å². The Kier molecular flexibility index (Phi) is 3.68. The SMILES string of the molecule is O=C(Cl)c1ccc(N2C[C@H](C(=O)Cl)CC2=O)cc1. The zero-order valence-corrected chi connectivity index (χ0v) is 10.7. The summed E-state index contributed by atoms with van der Waals surface area (Å²) in [5.41, 5.74) is 0.985. The molecule has 1 atom stereocenters. The maximum atomic E-state index is 11.7. The van der Waals surface area contributed by atoms with Gasteiger partial charge >= 0.3 is 0 Å². The molecule has 1 amide bonds. The van der Waals surface area contributed by atoms with Crippen LogP contribution in [0.25, 0.3) is 0 Å². The molecule has 0 N–H and O–H groups in total. The second kappa shape index (κ2) is 5.08. The van der Waals surface area contributed by atoms with Gasteiger partial charge in [0.25, 0.3) is 5.24 Å². The average molecular weight is 286 g/mol. The van der Waals surface area contributed by atoms with E-state index in [1.54, 1.807) is 12.1 Å². The van der Waals surface area contributed by atoms with Gasteiger partial charge in [0.1, 0.15) is 0 Å². The molecule has 0 bridgehead atoms. The van der Waals surface area contributed by atoms with Crippen LogP contribution in [0.15, 0.2) is 24.3 Å². The second-order valence-electron chi connectivity index (χ2n) is 4.03. The number of benzene rings is 1. The maximum Gasteiger partial charge on any atom is 0.252 e. The van der Waals surface area contributed by atoms with Crippen molar-refractivity contribution < 1.29 is 14.4 Å². The molecule has 1 aliphatic heterocycles. The molecule has 0 aliphatic carbocycles. The first-order valence-corrected chi connectivity index (χ1v) is 6.04. The van der Waals surface area contributed by atoms with Crippen LogP contribution in [0.5, 0.6) is 0 Å². The molecule has 1 aliphatic rings. The van der Waals surface area contributed by atoms with Gasteiger partial charge in [-0.1, -0.05) is 0 Å². The second-order valence-corrected chi connectivity index (χ2v) is 4.75. The van der Waals surface area contributed by atoms with Crippen molar-refractivity contribution in [3.63, 3.8) is 0 Å². The average Bonchev–Trinajstić information content (AvgIpc) is 2.71. The monoisotopic (exact) mass is 285 g/mol. The highest BCUT2D eigenvalue weighted by molar-refractivity contribution is 6.67. The molecule has 4 nitrogen and oxygen atoms in total. The van der Waals surface area contributed by atoms with Crippen LogP contribution in [0.1, 0.15) is 16.8 Å². The van der Waals surface area contributed by atoms with Crippen molar-refractivity contribution in [1.82, 2.24) is 0 Å². The lowest BCUT2D eigenvalue weighted by atomic mass is 10.1. The first-order valence-electron chi connectivity index (χ1n) is 5.28. The Balaban J connectivity index is 2.19. The summed E-state index contributed by atoms with van der Waals surface area (Å²) in [6.45, 7) is 0.273. The summed E-state index contributed by atoms with van der Waals surface area (Å²) in [6.07, 6.45) is 0.124. The lowest BCUT2D eigenvalue weighted by Gasteiger charge is -2.16. The van der Waals surface area contributed by atoms with Crippen LogP contribution >= 0.6 is 23.2 Å². The van der Waals surface area contributed by atoms with Gasteiger partial charge in [0.05, 0.1) is 5.92 Å². The summed E-state index contributed by atoms with van der Waals surface area (Å²) < 4.78 is 0. The third-order valence-corrected chi connectivity index (χ3v) is 3.38. The minimum atomic E-state index is -0.553. The van der Waals surface area contributed by atoms with E-state index in [0.29, 0.717) is 11.3 Å². The van der Waals surface area contributed by atoms with Crippen molar-refractivity contribution >= 4 is 45.3 Å². The number of hydrogen-bond donors (Lipinski definition) is 0. The lowest BCUT2D eigenvalue weighted by Crippen LogP contribution is -2.25. The highest BCUT2D eigenvalue weighted by Crippen LogP contribution is 2.26. The summed E-state index contributed by atoms with van der Waals surface area (Å²) in [7, 11) is 0. The number of anilines is 1. The van der Waals surface area contributed by atoms with E-state index >= 15 is 0 Å². The van der Waals surface area contributed by atoms with Gasteiger partial charge in [-0.25, -0.2) is 0 Å². The van der Waals surface area contributed by atoms with Crippen molar-refractivity contribution in [2.24, 2.45) is 5.92 Å². The van der Waals surface area contributed by atoms with Crippen LogP contribution in [0.3, 0.4) is 0 Å². The fourth-order valence-corrected chi connectivity index (χ4v) is 2.15. The van der Waals surface area contributed by atoms with Crippen LogP contribution in [0.2, 0.25) is 0 Å². The fourth-order valence-electron chi connectivity index (χ4n) is 1.88. The van der Waals surface area contributed by atoms with Crippen molar-refractivity contribution in [2.45, 2.75) is 6.42 Å². The van der Waals surface area contributed by atoms with Gasteiger partial charge in [-0.15, -0.1) is 0 Å². The third-order valence-electron chi connectivity index (χ3n) is 2.85. The van der Waals surface area contributed by atoms with Crippen molar-refractivity contribution in [3.8, 4) is 0 Å². The Hall–Kier alpha value is -1.39. The number of hydrogen-bond acceptors (Lipinski definition) is 3. The van der Waals surface area contributed by atoms with Crippen LogP contribution < -0.4 is 4.90 Å². The molecule has 0 spiro atoms. The van der Waals surface area contributed by atoms with E-state index in [1.165, 1.54) is 17.0 Å². The molecule has 1 fully saturated rings. The molecule has 1 saturated heterocycles. The maximum absolute atomic E-state index is 11.7. The summed E-state index contributed by atoms with van der Waals surface area (Å²) >= 11 is 10.7. The van der Waals surface area contributed by atoms with Crippen LogP contribution in [0.4, 0.5) is 5.69 Å². The van der Waals surface area contributed by atoms with Gasteiger partial charge in [0, 0.05) is 24.2 Å². The molecular weight excluding hydrogens is 277 g/mol. The quantitative estimate of drug-likeness (QED) is 0.800. The predicted molar refractivity (Wildman–Crippen MR) is 67.9 cm³/mol. The van der Waals surface area contributed by atoms with E-state index in [2.05, 4.69) is 0 Å². The fraction of sp³-hybridized carbons (Fsp3) is 0.250. The highest BCUT2D eigenvalue weighted by atomic mass is 35.5. The largest absolute Gasteiger partial charge is 0.312 e. The minimum Gasteiger partial charge on any atom is -0.312 e. The number of carbonyl (C=O) groups is 3. The zero-order chi connectivity index (χ0) is 13.3. The zero-order valence-electron chi connectivity index (χ0n) is 9.23. The topological polar surface area (TPSA) is 54.5 Å². The first-order chi connectivity index (χ1) is 8.49. The Morgan fingerprint density at radius 3 is 2.22 bits per heavy atom. The molecule has 0 unspecified atom stereocenters. The Morgan fingerprint density at radius 2 is 1.78 bits per heavy atom. The summed E-state index contributed by atoms with van der Waals surface area (Å²) in [6, 6.07) is 6.31. The molecule has 0 aromatic heterocycles. The van der Waals surface area contributed by atoms with Gasteiger partial charge in [-0.3, -0.25) is 14.4 Å². The first kappa shape index (κ1) is 13.1. The molecule has 2 rings (SSSR count). The lowest BCUT2D eigenvalue weighted by molar-refractivity contribution is -0.120. The van der Waals surface area contributed by atoms with E-state index < -0.39 is 16.4 Å². The summed E-state index contributed by atoms with van der Waals surface area (Å²) in [5.74, 6) is -0.618. The number of rotatable bonds is 3. The van der Waals surface area contributed by atoms with Crippen LogP contribution in [-0.2, 0) is 9.59 Å². The van der Waals surface area contributed by atoms with E-state index in [1.807, 2.05) is 0 Å². The van der Waals surface area contributed by atoms with Crippen LogP contribution in [-0.4, -0.2) is 22.9 Å². The summed E-state index contributed by atoms with van der Waals surface area (Å²) in [5, 5.41) is -1.05. The smallest absolute Gasteiger partial charge is 0.252 e. The molecule has 6 heteroatoms. The molecule has 94 valence electrons. The van der Waals surface area contributed by atoms with Gasteiger partial charge in [0.2, 0.25) is 11.1 Å². The number of carbonyl (C=O) groups excluding carboxylic acids is 3. The standard InChI is InChI=1S/C12H9Cl2NO3/c13-11(17)7-1-3-9(4-2-7)15-6-8(12(14)18)5-10(15)16/h1-4,8H,5-6H2/t8-/m1/s1. The number of halogens is 2. The van der Waals surface area contributed by atoms with Gasteiger partial charge < -0.3 is 4.90 Å². The van der Waals surface area contributed by atoms with E-state index in [0.717, 1.165) is 0 Å². The Morgan fingerprint density at radius 1 is 1.17 bits per heavy atom. The molecular formula is C12H9Cl2NO3. The highest BCUT2D eigenvalue weighted by Gasteiger charge is 2.34. The van der Waals surface area contributed by atoms with Crippen molar-refractivity contribution in [2.75, 3.05) is 11.4 Å². The molecule has 0 saturated carbocycles.